The van der Waals surface area contributed by atoms with Crippen LogP contribution in [-0.2, 0) is 0 Å². The van der Waals surface area contributed by atoms with Crippen LogP contribution in [-0.4, -0.2) is 35.9 Å². The molecular weight excluding hydrogens is 396 g/mol. The number of nitrogens with zero attached hydrogens (tertiary/aromatic N) is 2. The van der Waals surface area contributed by atoms with Gasteiger partial charge >= 0.3 is 0 Å². The zero-order chi connectivity index (χ0) is 22.8. The molecule has 8 nitrogen and oxygen atoms in total. The van der Waals surface area contributed by atoms with Gasteiger partial charge in [0.1, 0.15) is 11.5 Å². The molecule has 2 aromatic carbocycles. The van der Waals surface area contributed by atoms with Gasteiger partial charge in [-0.1, -0.05) is 0 Å². The van der Waals surface area contributed by atoms with Crippen LogP contribution in [0.4, 0.5) is 0 Å². The molecule has 0 radical (unpaired) electrons. The van der Waals surface area contributed by atoms with Crippen LogP contribution in [0.25, 0.3) is 0 Å². The largest absolute Gasteiger partial charge is 0.491 e. The highest BCUT2D eigenvalue weighted by molar-refractivity contribution is 6.29. The minimum absolute atomic E-state index is 0.0601. The smallest absolute Gasteiger partial charge is 0.271 e. The van der Waals surface area contributed by atoms with E-state index >= 15 is 0 Å². The number of carbonyl (C=O) groups excluding carboxylic acids is 2. The second-order valence-electron chi connectivity index (χ2n) is 7.28. The van der Waals surface area contributed by atoms with Gasteiger partial charge in [0.15, 0.2) is 0 Å². The van der Waals surface area contributed by atoms with Crippen molar-refractivity contribution in [3.8, 4) is 11.5 Å². The fraction of sp³-hybridized carbons (Fsp3) is 0.304. The molecule has 0 aliphatic heterocycles. The Hall–Kier alpha value is -3.68. The Balaban J connectivity index is 1.84. The van der Waals surface area contributed by atoms with E-state index in [-0.39, 0.29) is 24.0 Å². The van der Waals surface area contributed by atoms with Crippen LogP contribution in [0.1, 0.15) is 55.3 Å². The fourth-order valence-corrected chi connectivity index (χ4v) is 2.40. The third-order valence-electron chi connectivity index (χ3n) is 3.73. The van der Waals surface area contributed by atoms with Crippen LogP contribution in [0, 0.1) is 0 Å². The molecule has 31 heavy (non-hydrogen) atoms. The molecule has 0 saturated heterocycles. The number of rotatable bonds is 9. The summed E-state index contributed by atoms with van der Waals surface area (Å²) in [4.78, 5) is 24.3. The molecule has 2 N–H and O–H groups in total. The van der Waals surface area contributed by atoms with Gasteiger partial charge in [-0.15, -0.1) is 0 Å². The SMILES string of the molecule is CC(/C=N/NC(=O)c1ccc(OC(C)C)cc1)=N\NC(=O)c1ccc(OC(C)C)cc1. The van der Waals surface area contributed by atoms with Gasteiger partial charge in [0.2, 0.25) is 0 Å². The zero-order valence-electron chi connectivity index (χ0n) is 18.4. The number of hydrogen-bond acceptors (Lipinski definition) is 6. The standard InChI is InChI=1S/C23H28N4O4/c1-15(2)30-20-10-6-18(7-11-20)22(28)26-24-14-17(5)25-27-23(29)19-8-12-21(13-9-19)31-16(3)4/h6-16H,1-5H3,(H,26,28)(H,27,29)/b24-14+,25-17+. The average molecular weight is 425 g/mol. The lowest BCUT2D eigenvalue weighted by Crippen LogP contribution is -2.21. The molecule has 0 spiro atoms. The van der Waals surface area contributed by atoms with Crippen LogP contribution < -0.4 is 20.3 Å². The van der Waals surface area contributed by atoms with Crippen molar-refractivity contribution in [3.05, 3.63) is 59.7 Å². The first kappa shape index (κ1) is 23.6. The Labute approximate surface area is 182 Å². The molecule has 0 atom stereocenters. The van der Waals surface area contributed by atoms with Crippen molar-refractivity contribution in [3.63, 3.8) is 0 Å². The summed E-state index contributed by atoms with van der Waals surface area (Å²) in [5, 5.41) is 7.80. The van der Waals surface area contributed by atoms with Crippen LogP contribution >= 0.6 is 0 Å². The van der Waals surface area contributed by atoms with Crippen LogP contribution in [0.15, 0.2) is 58.7 Å². The molecular formula is C23H28N4O4. The lowest BCUT2D eigenvalue weighted by Gasteiger charge is -2.09. The summed E-state index contributed by atoms with van der Waals surface area (Å²) in [5.74, 6) is 0.650. The maximum Gasteiger partial charge on any atom is 0.271 e. The third-order valence-corrected chi connectivity index (χ3v) is 3.73. The van der Waals surface area contributed by atoms with E-state index in [0.29, 0.717) is 28.3 Å². The predicted molar refractivity (Wildman–Crippen MR) is 121 cm³/mol. The summed E-state index contributed by atoms with van der Waals surface area (Å²) in [6.07, 6.45) is 1.46. The van der Waals surface area contributed by atoms with E-state index in [1.165, 1.54) is 6.21 Å². The van der Waals surface area contributed by atoms with E-state index in [1.54, 1.807) is 55.5 Å². The molecule has 0 fully saturated rings. The van der Waals surface area contributed by atoms with Gasteiger partial charge in [0.25, 0.3) is 11.8 Å². The van der Waals surface area contributed by atoms with Crippen LogP contribution in [0.2, 0.25) is 0 Å². The van der Waals surface area contributed by atoms with Gasteiger partial charge in [-0.05, 0) is 83.1 Å². The molecule has 0 saturated carbocycles. The van der Waals surface area contributed by atoms with E-state index in [9.17, 15) is 9.59 Å². The Morgan fingerprint density at radius 2 is 1.19 bits per heavy atom. The maximum atomic E-state index is 12.2. The molecule has 0 bridgehead atoms. The van der Waals surface area contributed by atoms with E-state index < -0.39 is 0 Å². The summed E-state index contributed by atoms with van der Waals surface area (Å²) in [6.45, 7) is 9.37. The van der Waals surface area contributed by atoms with Crippen LogP contribution in [0.5, 0.6) is 11.5 Å². The first-order valence-corrected chi connectivity index (χ1v) is 9.96. The van der Waals surface area contributed by atoms with Gasteiger partial charge < -0.3 is 9.47 Å². The lowest BCUT2D eigenvalue weighted by molar-refractivity contribution is 0.0946. The third kappa shape index (κ3) is 8.30. The molecule has 0 aromatic heterocycles. The molecule has 0 heterocycles. The summed E-state index contributed by atoms with van der Waals surface area (Å²) < 4.78 is 11.1. The number of nitrogens with one attached hydrogen (secondary N) is 2. The second kappa shape index (κ2) is 11.5. The molecule has 0 unspecified atom stereocenters. The van der Waals surface area contributed by atoms with E-state index in [4.69, 9.17) is 9.47 Å². The van der Waals surface area contributed by atoms with Crippen molar-refractivity contribution in [2.24, 2.45) is 10.2 Å². The fourth-order valence-electron chi connectivity index (χ4n) is 2.40. The Morgan fingerprint density at radius 3 is 1.61 bits per heavy atom. The summed E-state index contributed by atoms with van der Waals surface area (Å²) in [5.41, 5.74) is 6.16. The summed E-state index contributed by atoms with van der Waals surface area (Å²) in [7, 11) is 0. The quantitative estimate of drug-likeness (QED) is 0.472. The van der Waals surface area contributed by atoms with Crippen molar-refractivity contribution >= 4 is 23.7 Å². The molecule has 2 rings (SSSR count). The highest BCUT2D eigenvalue weighted by atomic mass is 16.5. The first-order valence-electron chi connectivity index (χ1n) is 9.96. The van der Waals surface area contributed by atoms with E-state index in [0.717, 1.165) is 0 Å². The van der Waals surface area contributed by atoms with Crippen molar-refractivity contribution in [2.45, 2.75) is 46.8 Å². The molecule has 2 aromatic rings. The number of hydrogen-bond donors (Lipinski definition) is 2. The predicted octanol–water partition coefficient (Wildman–Crippen LogP) is 3.78. The highest BCUT2D eigenvalue weighted by Crippen LogP contribution is 2.14. The topological polar surface area (TPSA) is 101 Å². The van der Waals surface area contributed by atoms with E-state index in [2.05, 4.69) is 21.1 Å². The molecule has 8 heteroatoms. The Kier molecular flexibility index (Phi) is 8.75. The normalized spacial score (nSPS) is 11.6. The van der Waals surface area contributed by atoms with Gasteiger partial charge in [-0.2, -0.15) is 10.2 Å². The lowest BCUT2D eigenvalue weighted by atomic mass is 10.2. The molecule has 2 amide bonds. The van der Waals surface area contributed by atoms with Crippen molar-refractivity contribution in [1.82, 2.24) is 10.9 Å². The zero-order valence-corrected chi connectivity index (χ0v) is 18.4. The van der Waals surface area contributed by atoms with Gasteiger partial charge in [-0.25, -0.2) is 10.9 Å². The molecule has 164 valence electrons. The van der Waals surface area contributed by atoms with Crippen molar-refractivity contribution in [1.29, 1.82) is 0 Å². The number of carbonyl (C=O) groups is 2. The van der Waals surface area contributed by atoms with Crippen LogP contribution in [0.3, 0.4) is 0 Å². The minimum Gasteiger partial charge on any atom is -0.491 e. The minimum atomic E-state index is -0.368. The number of amides is 2. The first-order chi connectivity index (χ1) is 14.7. The number of ether oxygens (including phenoxy) is 2. The van der Waals surface area contributed by atoms with Crippen molar-refractivity contribution in [2.75, 3.05) is 0 Å². The Morgan fingerprint density at radius 1 is 0.774 bits per heavy atom. The Bertz CT molecular complexity index is 933. The number of benzene rings is 2. The second-order valence-corrected chi connectivity index (χ2v) is 7.28. The van der Waals surface area contributed by atoms with Gasteiger partial charge in [0, 0.05) is 11.1 Å². The monoisotopic (exact) mass is 424 g/mol. The van der Waals surface area contributed by atoms with E-state index in [1.807, 2.05) is 27.7 Å². The van der Waals surface area contributed by atoms with Crippen molar-refractivity contribution < 1.29 is 19.1 Å². The highest BCUT2D eigenvalue weighted by Gasteiger charge is 2.06. The maximum absolute atomic E-state index is 12.2. The van der Waals surface area contributed by atoms with Gasteiger partial charge in [-0.3, -0.25) is 9.59 Å². The van der Waals surface area contributed by atoms with Gasteiger partial charge in [0.05, 0.1) is 24.1 Å². The number of hydrazone groups is 2. The molecule has 0 aliphatic rings. The molecule has 0 aliphatic carbocycles. The average Bonchev–Trinajstić information content (AvgIpc) is 2.72. The summed E-state index contributed by atoms with van der Waals surface area (Å²) >= 11 is 0. The summed E-state index contributed by atoms with van der Waals surface area (Å²) in [6, 6.07) is 13.5.